The van der Waals surface area contributed by atoms with Gasteiger partial charge in [-0.1, -0.05) is 19.1 Å². The SMILES string of the molecule is CCC(Sc1ccc(C(C)=O)cc1)C(=O)OC(C)C. The number of ether oxygens (including phenoxy) is 1. The van der Waals surface area contributed by atoms with Crippen molar-refractivity contribution < 1.29 is 14.3 Å². The van der Waals surface area contributed by atoms with Crippen molar-refractivity contribution >= 4 is 23.5 Å². The van der Waals surface area contributed by atoms with Crippen LogP contribution in [-0.2, 0) is 9.53 Å². The first-order valence-electron chi connectivity index (χ1n) is 6.42. The van der Waals surface area contributed by atoms with Gasteiger partial charge in [-0.05, 0) is 39.3 Å². The Balaban J connectivity index is 2.70. The molecule has 0 saturated carbocycles. The van der Waals surface area contributed by atoms with Gasteiger partial charge in [-0.25, -0.2) is 0 Å². The first kappa shape index (κ1) is 15.8. The monoisotopic (exact) mass is 280 g/mol. The third-order valence-electron chi connectivity index (χ3n) is 2.52. The summed E-state index contributed by atoms with van der Waals surface area (Å²) >= 11 is 1.47. The molecule has 1 rings (SSSR count). The maximum atomic E-state index is 11.9. The van der Waals surface area contributed by atoms with Crippen LogP contribution in [-0.4, -0.2) is 23.1 Å². The molecule has 0 N–H and O–H groups in total. The molecule has 0 radical (unpaired) electrons. The van der Waals surface area contributed by atoms with Crippen molar-refractivity contribution in [3.63, 3.8) is 0 Å². The van der Waals surface area contributed by atoms with E-state index >= 15 is 0 Å². The highest BCUT2D eigenvalue weighted by Crippen LogP contribution is 2.27. The highest BCUT2D eigenvalue weighted by atomic mass is 32.2. The minimum absolute atomic E-state index is 0.0443. The van der Waals surface area contributed by atoms with Crippen molar-refractivity contribution in [3.05, 3.63) is 29.8 Å². The molecule has 1 atom stereocenters. The number of hydrogen-bond acceptors (Lipinski definition) is 4. The van der Waals surface area contributed by atoms with Crippen LogP contribution in [0.1, 0.15) is 44.5 Å². The summed E-state index contributed by atoms with van der Waals surface area (Å²) in [6.07, 6.45) is 0.618. The molecule has 0 aliphatic rings. The molecule has 0 aromatic heterocycles. The van der Waals surface area contributed by atoms with Gasteiger partial charge in [-0.2, -0.15) is 0 Å². The maximum Gasteiger partial charge on any atom is 0.319 e. The van der Waals surface area contributed by atoms with Gasteiger partial charge < -0.3 is 4.74 Å². The molecule has 19 heavy (non-hydrogen) atoms. The van der Waals surface area contributed by atoms with Crippen LogP contribution in [0.3, 0.4) is 0 Å². The molecular weight excluding hydrogens is 260 g/mol. The Morgan fingerprint density at radius 1 is 1.21 bits per heavy atom. The lowest BCUT2D eigenvalue weighted by atomic mass is 10.2. The summed E-state index contributed by atoms with van der Waals surface area (Å²) in [4.78, 5) is 24.0. The van der Waals surface area contributed by atoms with Gasteiger partial charge in [0.2, 0.25) is 0 Å². The minimum atomic E-state index is -0.203. The molecule has 0 aliphatic carbocycles. The maximum absolute atomic E-state index is 11.9. The number of carbonyl (C=O) groups is 2. The lowest BCUT2D eigenvalue weighted by molar-refractivity contribution is -0.146. The fourth-order valence-electron chi connectivity index (χ4n) is 1.54. The number of thioether (sulfide) groups is 1. The van der Waals surface area contributed by atoms with E-state index in [0.717, 1.165) is 4.90 Å². The van der Waals surface area contributed by atoms with E-state index in [0.29, 0.717) is 12.0 Å². The summed E-state index contributed by atoms with van der Waals surface area (Å²) < 4.78 is 5.22. The molecule has 3 nitrogen and oxygen atoms in total. The second-order valence-electron chi connectivity index (χ2n) is 4.58. The van der Waals surface area contributed by atoms with Crippen molar-refractivity contribution in [1.29, 1.82) is 0 Å². The van der Waals surface area contributed by atoms with Crippen LogP contribution in [0.15, 0.2) is 29.2 Å². The summed E-state index contributed by atoms with van der Waals surface area (Å²) in [5, 5.41) is -0.203. The Hall–Kier alpha value is -1.29. The summed E-state index contributed by atoms with van der Waals surface area (Å²) in [5.41, 5.74) is 0.683. The standard InChI is InChI=1S/C15H20O3S/c1-5-14(15(17)18-10(2)3)19-13-8-6-12(7-9-13)11(4)16/h6-10,14H,5H2,1-4H3. The van der Waals surface area contributed by atoms with Crippen LogP contribution in [0.4, 0.5) is 0 Å². The Morgan fingerprint density at radius 3 is 2.21 bits per heavy atom. The normalized spacial score (nSPS) is 12.3. The quantitative estimate of drug-likeness (QED) is 0.452. The van der Waals surface area contributed by atoms with Crippen LogP contribution in [0, 0.1) is 0 Å². The Kier molecular flexibility index (Phi) is 6.09. The number of benzene rings is 1. The van der Waals surface area contributed by atoms with E-state index in [1.807, 2.05) is 32.9 Å². The molecule has 4 heteroatoms. The first-order valence-corrected chi connectivity index (χ1v) is 7.30. The third kappa shape index (κ3) is 5.07. The predicted molar refractivity (Wildman–Crippen MR) is 77.6 cm³/mol. The van der Waals surface area contributed by atoms with E-state index in [4.69, 9.17) is 4.74 Å². The van der Waals surface area contributed by atoms with Gasteiger partial charge in [0.1, 0.15) is 5.25 Å². The molecule has 0 aliphatic heterocycles. The predicted octanol–water partition coefficient (Wildman–Crippen LogP) is 3.71. The highest BCUT2D eigenvalue weighted by molar-refractivity contribution is 8.00. The largest absolute Gasteiger partial charge is 0.462 e. The van der Waals surface area contributed by atoms with Gasteiger partial charge in [-0.3, -0.25) is 9.59 Å². The van der Waals surface area contributed by atoms with Crippen molar-refractivity contribution in [3.8, 4) is 0 Å². The summed E-state index contributed by atoms with van der Waals surface area (Å²) in [6.45, 7) is 7.19. The van der Waals surface area contributed by atoms with Gasteiger partial charge in [0.15, 0.2) is 5.78 Å². The second kappa shape index (κ2) is 7.34. The average molecular weight is 280 g/mol. The fraction of sp³-hybridized carbons (Fsp3) is 0.467. The van der Waals surface area contributed by atoms with Crippen LogP contribution < -0.4 is 0 Å². The zero-order valence-electron chi connectivity index (χ0n) is 11.8. The first-order chi connectivity index (χ1) is 8.93. The number of esters is 1. The number of Topliss-reactive ketones (excluding diaryl/α,β-unsaturated/α-hetero) is 1. The smallest absolute Gasteiger partial charge is 0.319 e. The van der Waals surface area contributed by atoms with E-state index in [1.54, 1.807) is 12.1 Å². The van der Waals surface area contributed by atoms with Crippen LogP contribution >= 0.6 is 11.8 Å². The summed E-state index contributed by atoms with van der Waals surface area (Å²) in [7, 11) is 0. The Morgan fingerprint density at radius 2 is 1.79 bits per heavy atom. The van der Waals surface area contributed by atoms with Crippen LogP contribution in [0.25, 0.3) is 0 Å². The zero-order valence-corrected chi connectivity index (χ0v) is 12.6. The Labute approximate surface area is 118 Å². The second-order valence-corrected chi connectivity index (χ2v) is 5.86. The molecule has 0 bridgehead atoms. The summed E-state index contributed by atoms with van der Waals surface area (Å²) in [6, 6.07) is 7.30. The van der Waals surface area contributed by atoms with Gasteiger partial charge in [-0.15, -0.1) is 11.8 Å². The van der Waals surface area contributed by atoms with Gasteiger partial charge in [0, 0.05) is 10.5 Å². The van der Waals surface area contributed by atoms with Crippen molar-refractivity contribution in [2.45, 2.75) is 50.4 Å². The van der Waals surface area contributed by atoms with E-state index in [1.165, 1.54) is 18.7 Å². The van der Waals surface area contributed by atoms with E-state index < -0.39 is 0 Å². The average Bonchev–Trinajstić information content (AvgIpc) is 2.35. The molecular formula is C15H20O3S. The van der Waals surface area contributed by atoms with E-state index in [2.05, 4.69) is 0 Å². The van der Waals surface area contributed by atoms with Crippen LogP contribution in [0.5, 0.6) is 0 Å². The molecule has 1 aromatic rings. The molecule has 0 fully saturated rings. The Bertz CT molecular complexity index is 437. The number of ketones is 1. The molecule has 1 aromatic carbocycles. The lowest BCUT2D eigenvalue weighted by Gasteiger charge is -2.15. The molecule has 0 amide bonds. The minimum Gasteiger partial charge on any atom is -0.462 e. The number of carbonyl (C=O) groups excluding carboxylic acids is 2. The topological polar surface area (TPSA) is 43.4 Å². The highest BCUT2D eigenvalue weighted by Gasteiger charge is 2.20. The lowest BCUT2D eigenvalue weighted by Crippen LogP contribution is -2.22. The van der Waals surface area contributed by atoms with Gasteiger partial charge in [0.05, 0.1) is 6.10 Å². The summed E-state index contributed by atoms with van der Waals surface area (Å²) in [5.74, 6) is -0.138. The van der Waals surface area contributed by atoms with Crippen molar-refractivity contribution in [2.24, 2.45) is 0 Å². The fourth-order valence-corrected chi connectivity index (χ4v) is 2.48. The molecule has 1 unspecified atom stereocenters. The van der Waals surface area contributed by atoms with Crippen molar-refractivity contribution in [2.75, 3.05) is 0 Å². The molecule has 0 heterocycles. The number of rotatable bonds is 6. The molecule has 104 valence electrons. The third-order valence-corrected chi connectivity index (χ3v) is 3.88. The molecule has 0 spiro atoms. The van der Waals surface area contributed by atoms with Gasteiger partial charge >= 0.3 is 5.97 Å². The van der Waals surface area contributed by atoms with Crippen LogP contribution in [0.2, 0.25) is 0 Å². The number of hydrogen-bond donors (Lipinski definition) is 0. The molecule has 0 saturated heterocycles. The van der Waals surface area contributed by atoms with E-state index in [9.17, 15) is 9.59 Å². The van der Waals surface area contributed by atoms with Gasteiger partial charge in [0.25, 0.3) is 0 Å². The zero-order chi connectivity index (χ0) is 14.4. The van der Waals surface area contributed by atoms with Crippen molar-refractivity contribution in [1.82, 2.24) is 0 Å². The van der Waals surface area contributed by atoms with E-state index in [-0.39, 0.29) is 23.1 Å².